The highest BCUT2D eigenvalue weighted by atomic mass is 16.6. The van der Waals surface area contributed by atoms with Crippen LogP contribution in [0.5, 0.6) is 0 Å². The molecule has 0 aromatic heterocycles. The molecule has 0 aliphatic carbocycles. The van der Waals surface area contributed by atoms with Crippen LogP contribution in [0, 0.1) is 6.07 Å². The van der Waals surface area contributed by atoms with Crippen molar-refractivity contribution in [3.8, 4) is 0 Å². The molecule has 0 atom stereocenters. The van der Waals surface area contributed by atoms with Crippen LogP contribution >= 0.6 is 0 Å². The van der Waals surface area contributed by atoms with E-state index in [0.29, 0.717) is 13.2 Å². The van der Waals surface area contributed by atoms with Crippen LogP contribution in [0.3, 0.4) is 0 Å². The molecule has 0 saturated heterocycles. The minimum absolute atomic E-state index is 0.583. The Morgan fingerprint density at radius 2 is 1.69 bits per heavy atom. The Labute approximate surface area is 95.8 Å². The van der Waals surface area contributed by atoms with Gasteiger partial charge in [0.15, 0.2) is 0 Å². The minimum Gasteiger partial charge on any atom is -0.297 e. The van der Waals surface area contributed by atoms with Gasteiger partial charge in [-0.25, -0.2) is 0 Å². The van der Waals surface area contributed by atoms with Crippen LogP contribution in [0.4, 0.5) is 0 Å². The zero-order valence-corrected chi connectivity index (χ0v) is 9.02. The quantitative estimate of drug-likeness (QED) is 0.607. The van der Waals surface area contributed by atoms with Gasteiger partial charge in [-0.1, -0.05) is 54.6 Å². The first-order valence-electron chi connectivity index (χ1n) is 5.29. The molecular formula is C14H14NO. The molecule has 0 fully saturated rings. The molecule has 2 aromatic rings. The molecule has 0 spiro atoms. The number of rotatable bonds is 5. The first kappa shape index (κ1) is 10.9. The standard InChI is InChI=1S/C14H14NO/c1-3-7-13(8-4-1)11-15-16-12-14-9-5-2-6-10-14/h2-10,15H,11-12H2. The van der Waals surface area contributed by atoms with Gasteiger partial charge in [-0.2, -0.15) is 5.48 Å². The SMILES string of the molecule is [c]1ccc(CNOCc2ccccc2)cc1. The summed E-state index contributed by atoms with van der Waals surface area (Å²) in [6, 6.07) is 20.9. The Morgan fingerprint density at radius 1 is 0.938 bits per heavy atom. The smallest absolute Gasteiger partial charge is 0.0933 e. The summed E-state index contributed by atoms with van der Waals surface area (Å²) in [4.78, 5) is 5.36. The highest BCUT2D eigenvalue weighted by Gasteiger charge is 1.92. The maximum atomic E-state index is 5.36. The molecule has 0 aliphatic heterocycles. The van der Waals surface area contributed by atoms with E-state index in [2.05, 4.69) is 11.5 Å². The van der Waals surface area contributed by atoms with Crippen molar-refractivity contribution in [2.75, 3.05) is 0 Å². The van der Waals surface area contributed by atoms with Gasteiger partial charge in [0.05, 0.1) is 6.61 Å². The fourth-order valence-electron chi connectivity index (χ4n) is 1.38. The fourth-order valence-corrected chi connectivity index (χ4v) is 1.38. The zero-order valence-electron chi connectivity index (χ0n) is 9.02. The third kappa shape index (κ3) is 3.50. The topological polar surface area (TPSA) is 21.3 Å². The lowest BCUT2D eigenvalue weighted by Gasteiger charge is -2.05. The van der Waals surface area contributed by atoms with E-state index in [1.54, 1.807) is 0 Å². The molecule has 2 heteroatoms. The summed E-state index contributed by atoms with van der Waals surface area (Å²) in [5, 5.41) is 0. The molecule has 81 valence electrons. The van der Waals surface area contributed by atoms with Crippen molar-refractivity contribution in [1.29, 1.82) is 0 Å². The molecule has 0 unspecified atom stereocenters. The molecule has 2 nitrogen and oxygen atoms in total. The van der Waals surface area contributed by atoms with Crippen LogP contribution < -0.4 is 5.48 Å². The monoisotopic (exact) mass is 212 g/mol. The number of benzene rings is 2. The van der Waals surface area contributed by atoms with Gasteiger partial charge in [0.2, 0.25) is 0 Å². The Balaban J connectivity index is 1.70. The maximum absolute atomic E-state index is 5.36. The zero-order chi connectivity index (χ0) is 11.1. The molecular weight excluding hydrogens is 198 g/mol. The second-order valence-electron chi connectivity index (χ2n) is 3.50. The lowest BCUT2D eigenvalue weighted by atomic mass is 10.2. The lowest BCUT2D eigenvalue weighted by Crippen LogP contribution is -2.13. The minimum atomic E-state index is 0.583. The van der Waals surface area contributed by atoms with Gasteiger partial charge < -0.3 is 0 Å². The van der Waals surface area contributed by atoms with Crippen LogP contribution in [-0.4, -0.2) is 0 Å². The third-order valence-electron chi connectivity index (χ3n) is 2.25. The third-order valence-corrected chi connectivity index (χ3v) is 2.25. The van der Waals surface area contributed by atoms with Crippen molar-refractivity contribution in [2.45, 2.75) is 13.2 Å². The highest BCUT2D eigenvalue weighted by Crippen LogP contribution is 2.00. The van der Waals surface area contributed by atoms with Crippen LogP contribution in [0.1, 0.15) is 11.1 Å². The number of hydrogen-bond donors (Lipinski definition) is 1. The molecule has 16 heavy (non-hydrogen) atoms. The average molecular weight is 212 g/mol. The molecule has 0 aliphatic rings. The number of nitrogens with one attached hydrogen (secondary N) is 1. The van der Waals surface area contributed by atoms with Crippen molar-refractivity contribution in [3.63, 3.8) is 0 Å². The molecule has 2 rings (SSSR count). The van der Waals surface area contributed by atoms with Crippen LogP contribution in [0.2, 0.25) is 0 Å². The Bertz CT molecular complexity index is 358. The van der Waals surface area contributed by atoms with E-state index >= 15 is 0 Å². The summed E-state index contributed by atoms with van der Waals surface area (Å²) in [5.74, 6) is 0. The predicted octanol–water partition coefficient (Wildman–Crippen LogP) is 2.71. The van der Waals surface area contributed by atoms with E-state index in [0.717, 1.165) is 5.56 Å². The van der Waals surface area contributed by atoms with Crippen molar-refractivity contribution >= 4 is 0 Å². The molecule has 1 N–H and O–H groups in total. The van der Waals surface area contributed by atoms with Crippen LogP contribution in [-0.2, 0) is 18.0 Å². The van der Waals surface area contributed by atoms with E-state index in [4.69, 9.17) is 4.84 Å². The lowest BCUT2D eigenvalue weighted by molar-refractivity contribution is 0.0235. The summed E-state index contributed by atoms with van der Waals surface area (Å²) in [6.45, 7) is 1.29. The molecule has 0 amide bonds. The van der Waals surface area contributed by atoms with Gasteiger partial charge in [-0.15, -0.1) is 0 Å². The molecule has 2 aromatic carbocycles. The first-order chi connectivity index (χ1) is 7.95. The summed E-state index contributed by atoms with van der Waals surface area (Å²) in [5.41, 5.74) is 5.29. The molecule has 1 radical (unpaired) electrons. The summed E-state index contributed by atoms with van der Waals surface area (Å²) >= 11 is 0. The number of hydroxylamine groups is 1. The Kier molecular flexibility index (Phi) is 4.11. The van der Waals surface area contributed by atoms with E-state index in [-0.39, 0.29) is 0 Å². The van der Waals surface area contributed by atoms with Crippen molar-refractivity contribution in [1.82, 2.24) is 5.48 Å². The molecule has 0 heterocycles. The van der Waals surface area contributed by atoms with E-state index < -0.39 is 0 Å². The van der Waals surface area contributed by atoms with Crippen molar-refractivity contribution in [2.24, 2.45) is 0 Å². The van der Waals surface area contributed by atoms with Crippen LogP contribution in [0.25, 0.3) is 0 Å². The normalized spacial score (nSPS) is 10.2. The van der Waals surface area contributed by atoms with E-state index in [1.165, 1.54) is 5.56 Å². The molecule has 0 bridgehead atoms. The van der Waals surface area contributed by atoms with Gasteiger partial charge in [0, 0.05) is 6.54 Å². The Hall–Kier alpha value is -1.64. The summed E-state index contributed by atoms with van der Waals surface area (Å²) in [6.07, 6.45) is 0. The van der Waals surface area contributed by atoms with E-state index in [9.17, 15) is 0 Å². The van der Waals surface area contributed by atoms with Gasteiger partial charge in [-0.05, 0) is 17.2 Å². The highest BCUT2D eigenvalue weighted by molar-refractivity contribution is 5.14. The molecule has 0 saturated carbocycles. The van der Waals surface area contributed by atoms with Crippen molar-refractivity contribution < 1.29 is 4.84 Å². The Morgan fingerprint density at radius 3 is 2.44 bits per heavy atom. The fraction of sp³-hybridized carbons (Fsp3) is 0.143. The largest absolute Gasteiger partial charge is 0.297 e. The number of hydrogen-bond acceptors (Lipinski definition) is 2. The maximum Gasteiger partial charge on any atom is 0.0933 e. The predicted molar refractivity (Wildman–Crippen MR) is 63.3 cm³/mol. The summed E-state index contributed by atoms with van der Waals surface area (Å²) < 4.78 is 0. The van der Waals surface area contributed by atoms with Gasteiger partial charge in [-0.3, -0.25) is 4.84 Å². The second-order valence-corrected chi connectivity index (χ2v) is 3.50. The van der Waals surface area contributed by atoms with Crippen molar-refractivity contribution in [3.05, 3.63) is 71.8 Å². The summed E-state index contributed by atoms with van der Waals surface area (Å²) in [7, 11) is 0. The van der Waals surface area contributed by atoms with Gasteiger partial charge in [0.1, 0.15) is 0 Å². The first-order valence-corrected chi connectivity index (χ1v) is 5.29. The second kappa shape index (κ2) is 6.05. The van der Waals surface area contributed by atoms with Gasteiger partial charge in [0.25, 0.3) is 0 Å². The van der Waals surface area contributed by atoms with E-state index in [1.807, 2.05) is 54.6 Å². The average Bonchev–Trinajstić information content (AvgIpc) is 2.37. The van der Waals surface area contributed by atoms with Gasteiger partial charge >= 0.3 is 0 Å². The van der Waals surface area contributed by atoms with Crippen LogP contribution in [0.15, 0.2) is 54.6 Å².